The van der Waals surface area contributed by atoms with Gasteiger partial charge in [0.15, 0.2) is 0 Å². The Bertz CT molecular complexity index is 869. The summed E-state index contributed by atoms with van der Waals surface area (Å²) >= 11 is 0. The van der Waals surface area contributed by atoms with Crippen LogP contribution in [0, 0.1) is 5.92 Å². The van der Waals surface area contributed by atoms with E-state index in [9.17, 15) is 0 Å². The van der Waals surface area contributed by atoms with Crippen molar-refractivity contribution in [3.63, 3.8) is 0 Å². The first-order chi connectivity index (χ1) is 13.3. The molecule has 1 aliphatic carbocycles. The lowest BCUT2D eigenvalue weighted by atomic mass is 9.87. The van der Waals surface area contributed by atoms with E-state index in [0.29, 0.717) is 0 Å². The highest BCUT2D eigenvalue weighted by Gasteiger charge is 2.12. The van der Waals surface area contributed by atoms with E-state index >= 15 is 0 Å². The van der Waals surface area contributed by atoms with Crippen LogP contribution in [0.5, 0.6) is 5.75 Å². The van der Waals surface area contributed by atoms with Gasteiger partial charge >= 0.3 is 0 Å². The van der Waals surface area contributed by atoms with Crippen molar-refractivity contribution in [3.05, 3.63) is 48.3 Å². The summed E-state index contributed by atoms with van der Waals surface area (Å²) in [6, 6.07) is 12.9. The predicted molar refractivity (Wildman–Crippen MR) is 118 cm³/mol. The number of methoxy groups -OCH3 is 1. The molecule has 0 atom stereocenters. The van der Waals surface area contributed by atoms with Gasteiger partial charge in [-0.15, -0.1) is 12.4 Å². The second-order valence-electron chi connectivity index (χ2n) is 7.64. The van der Waals surface area contributed by atoms with E-state index in [-0.39, 0.29) is 12.4 Å². The van der Waals surface area contributed by atoms with Gasteiger partial charge in [0.1, 0.15) is 5.75 Å². The molecule has 2 aromatic carbocycles. The molecule has 0 saturated heterocycles. The monoisotopic (exact) mass is 399 g/mol. The van der Waals surface area contributed by atoms with E-state index in [1.54, 1.807) is 13.4 Å². The largest absolute Gasteiger partial charge is 0.496 e. The zero-order valence-electron chi connectivity index (χ0n) is 16.5. The summed E-state index contributed by atoms with van der Waals surface area (Å²) in [7, 11) is 1.71. The number of aromatic nitrogens is 2. The van der Waals surface area contributed by atoms with Crippen molar-refractivity contribution in [1.29, 1.82) is 0 Å². The van der Waals surface area contributed by atoms with Crippen molar-refractivity contribution in [3.8, 4) is 16.9 Å². The van der Waals surface area contributed by atoms with Crippen LogP contribution in [-0.4, -0.2) is 23.6 Å². The van der Waals surface area contributed by atoms with E-state index in [1.165, 1.54) is 44.1 Å². The van der Waals surface area contributed by atoms with E-state index in [1.807, 2.05) is 6.07 Å². The fourth-order valence-electron chi connectivity index (χ4n) is 4.17. The first-order valence-corrected chi connectivity index (χ1v) is 10.1. The number of aromatic amines is 1. The minimum Gasteiger partial charge on any atom is -0.496 e. The van der Waals surface area contributed by atoms with Gasteiger partial charge in [0, 0.05) is 18.2 Å². The highest BCUT2D eigenvalue weighted by atomic mass is 35.5. The van der Waals surface area contributed by atoms with Crippen LogP contribution in [0.25, 0.3) is 22.2 Å². The van der Waals surface area contributed by atoms with Gasteiger partial charge in [0.2, 0.25) is 0 Å². The summed E-state index contributed by atoms with van der Waals surface area (Å²) in [5.41, 5.74) is 5.53. The van der Waals surface area contributed by atoms with Gasteiger partial charge < -0.3 is 15.0 Å². The number of fused-ring (bicyclic) bond motifs is 1. The lowest BCUT2D eigenvalue weighted by molar-refractivity contribution is 0.334. The molecule has 0 spiro atoms. The minimum atomic E-state index is 0. The predicted octanol–water partition coefficient (Wildman–Crippen LogP) is 5.72. The molecule has 1 fully saturated rings. The van der Waals surface area contributed by atoms with Crippen LogP contribution in [0.15, 0.2) is 42.7 Å². The molecule has 1 aromatic heterocycles. The third-order valence-corrected chi connectivity index (χ3v) is 5.79. The summed E-state index contributed by atoms with van der Waals surface area (Å²) in [5.74, 6) is 1.80. The molecule has 4 rings (SSSR count). The molecule has 2 N–H and O–H groups in total. The van der Waals surface area contributed by atoms with Crippen LogP contribution in [-0.2, 0) is 6.54 Å². The Morgan fingerprint density at radius 2 is 1.89 bits per heavy atom. The Morgan fingerprint density at radius 3 is 2.64 bits per heavy atom. The van der Waals surface area contributed by atoms with E-state index < -0.39 is 0 Å². The first kappa shape index (κ1) is 20.7. The molecular formula is C23H30ClN3O. The molecule has 0 amide bonds. The normalized spacial score (nSPS) is 14.8. The van der Waals surface area contributed by atoms with Gasteiger partial charge in [-0.05, 0) is 36.1 Å². The van der Waals surface area contributed by atoms with Crippen molar-refractivity contribution < 1.29 is 4.74 Å². The molecule has 1 heterocycles. The minimum absolute atomic E-state index is 0. The number of imidazole rings is 1. The van der Waals surface area contributed by atoms with E-state index in [4.69, 9.17) is 4.74 Å². The maximum atomic E-state index is 5.58. The number of rotatable bonds is 7. The molecule has 4 nitrogen and oxygen atoms in total. The lowest BCUT2D eigenvalue weighted by Crippen LogP contribution is -2.19. The van der Waals surface area contributed by atoms with Crippen LogP contribution in [0.2, 0.25) is 0 Å². The smallest absolute Gasteiger partial charge is 0.128 e. The van der Waals surface area contributed by atoms with Gasteiger partial charge in [-0.1, -0.05) is 56.4 Å². The lowest BCUT2D eigenvalue weighted by Gasteiger charge is -2.21. The molecule has 28 heavy (non-hydrogen) atoms. The Kier molecular flexibility index (Phi) is 7.35. The third-order valence-electron chi connectivity index (χ3n) is 5.79. The number of hydrogen-bond acceptors (Lipinski definition) is 3. The second kappa shape index (κ2) is 9.94. The average Bonchev–Trinajstić information content (AvgIpc) is 3.19. The zero-order valence-corrected chi connectivity index (χ0v) is 17.4. The summed E-state index contributed by atoms with van der Waals surface area (Å²) < 4.78 is 5.58. The van der Waals surface area contributed by atoms with Crippen molar-refractivity contribution in [2.75, 3.05) is 13.7 Å². The average molecular weight is 400 g/mol. The van der Waals surface area contributed by atoms with Crippen molar-refractivity contribution in [2.24, 2.45) is 5.92 Å². The molecule has 1 saturated carbocycles. The summed E-state index contributed by atoms with van der Waals surface area (Å²) in [6.07, 6.45) is 10.2. The summed E-state index contributed by atoms with van der Waals surface area (Å²) in [5, 5.41) is 3.61. The molecule has 3 aromatic rings. The van der Waals surface area contributed by atoms with E-state index in [0.717, 1.165) is 46.9 Å². The van der Waals surface area contributed by atoms with Gasteiger partial charge in [-0.25, -0.2) is 4.98 Å². The second-order valence-corrected chi connectivity index (χ2v) is 7.64. The van der Waals surface area contributed by atoms with Gasteiger partial charge in [0.25, 0.3) is 0 Å². The van der Waals surface area contributed by atoms with Gasteiger partial charge in [-0.3, -0.25) is 0 Å². The molecule has 150 valence electrons. The molecule has 0 unspecified atom stereocenters. The van der Waals surface area contributed by atoms with Crippen LogP contribution in [0.3, 0.4) is 0 Å². The SMILES string of the molecule is COc1cc2nc[nH]c2cc1-c1ccc(CNCCC2CCCCC2)cc1.Cl. The van der Waals surface area contributed by atoms with Crippen LogP contribution < -0.4 is 10.1 Å². The zero-order chi connectivity index (χ0) is 18.5. The van der Waals surface area contributed by atoms with Crippen LogP contribution >= 0.6 is 12.4 Å². The Morgan fingerprint density at radius 1 is 1.11 bits per heavy atom. The molecule has 1 aliphatic rings. The Hall–Kier alpha value is -2.04. The number of ether oxygens (including phenoxy) is 1. The summed E-state index contributed by atoms with van der Waals surface area (Å²) in [4.78, 5) is 7.48. The third kappa shape index (κ3) is 4.86. The fraction of sp³-hybridized carbons (Fsp3) is 0.435. The molecule has 0 aliphatic heterocycles. The van der Waals surface area contributed by atoms with Gasteiger partial charge in [-0.2, -0.15) is 0 Å². The molecule has 0 bridgehead atoms. The number of hydrogen-bond donors (Lipinski definition) is 2. The number of benzene rings is 2. The van der Waals surface area contributed by atoms with Crippen LogP contribution in [0.1, 0.15) is 44.1 Å². The number of nitrogens with one attached hydrogen (secondary N) is 2. The standard InChI is InChI=1S/C23H29N3O.ClH/c1-27-23-14-22-21(25-16-26-22)13-20(23)19-9-7-18(8-10-19)15-24-12-11-17-5-3-2-4-6-17;/h7-10,13-14,16-17,24H,2-6,11-12,15H2,1H3,(H,25,26);1H. The summed E-state index contributed by atoms with van der Waals surface area (Å²) in [6.45, 7) is 2.06. The molecular weight excluding hydrogens is 370 g/mol. The maximum Gasteiger partial charge on any atom is 0.128 e. The highest BCUT2D eigenvalue weighted by molar-refractivity contribution is 5.86. The van der Waals surface area contributed by atoms with Crippen LogP contribution in [0.4, 0.5) is 0 Å². The number of H-pyrrole nitrogens is 1. The number of halogens is 1. The molecule has 0 radical (unpaired) electrons. The van der Waals surface area contributed by atoms with E-state index in [2.05, 4.69) is 45.6 Å². The van der Waals surface area contributed by atoms with Crippen molar-refractivity contribution in [2.45, 2.75) is 45.1 Å². The Labute approximate surface area is 173 Å². The van der Waals surface area contributed by atoms with Crippen molar-refractivity contribution in [1.82, 2.24) is 15.3 Å². The first-order valence-electron chi connectivity index (χ1n) is 10.1. The van der Waals surface area contributed by atoms with Crippen molar-refractivity contribution >= 4 is 23.4 Å². The quantitative estimate of drug-likeness (QED) is 0.499. The molecule has 5 heteroatoms. The highest BCUT2D eigenvalue weighted by Crippen LogP contribution is 2.33. The number of nitrogens with zero attached hydrogens (tertiary/aromatic N) is 1. The fourth-order valence-corrected chi connectivity index (χ4v) is 4.17. The maximum absolute atomic E-state index is 5.58. The Balaban J connectivity index is 0.00000225. The topological polar surface area (TPSA) is 49.9 Å². The van der Waals surface area contributed by atoms with Gasteiger partial charge in [0.05, 0.1) is 24.5 Å².